The highest BCUT2D eigenvalue weighted by atomic mass is 16.3. The summed E-state index contributed by atoms with van der Waals surface area (Å²) in [6, 6.07) is 0. The van der Waals surface area contributed by atoms with Gasteiger partial charge in [0.25, 0.3) is 0 Å². The molecule has 0 aliphatic rings. The van der Waals surface area contributed by atoms with Crippen molar-refractivity contribution >= 4 is 0 Å². The van der Waals surface area contributed by atoms with E-state index in [4.69, 9.17) is 0 Å². The molecule has 0 aromatic rings. The minimum atomic E-state index is -0.357. The fourth-order valence-electron chi connectivity index (χ4n) is 3.25. The topological polar surface area (TPSA) is 20.2 Å². The molecule has 0 spiro atoms. The third-order valence-corrected chi connectivity index (χ3v) is 4.43. The van der Waals surface area contributed by atoms with Crippen molar-refractivity contribution in [2.45, 2.75) is 123 Å². The maximum atomic E-state index is 10.5. The van der Waals surface area contributed by atoms with Gasteiger partial charge >= 0.3 is 0 Å². The normalized spacial score (nSPS) is 12.0. The first-order chi connectivity index (χ1) is 9.68. The second kappa shape index (κ2) is 13.9. The highest BCUT2D eigenvalue weighted by Gasteiger charge is 2.23. The van der Waals surface area contributed by atoms with Gasteiger partial charge in [0.2, 0.25) is 0 Å². The van der Waals surface area contributed by atoms with Gasteiger partial charge in [-0.3, -0.25) is 0 Å². The molecule has 0 aromatic heterocycles. The largest absolute Gasteiger partial charge is 0.390 e. The molecule has 0 amide bonds. The zero-order chi connectivity index (χ0) is 15.1. The van der Waals surface area contributed by atoms with Crippen LogP contribution in [-0.4, -0.2) is 10.7 Å². The van der Waals surface area contributed by atoms with Gasteiger partial charge in [0.15, 0.2) is 0 Å². The molecule has 0 aliphatic heterocycles. The Morgan fingerprint density at radius 2 is 0.900 bits per heavy atom. The van der Waals surface area contributed by atoms with Crippen molar-refractivity contribution in [1.29, 1.82) is 0 Å². The van der Waals surface area contributed by atoms with Gasteiger partial charge in [0.1, 0.15) is 0 Å². The monoisotopic (exact) mass is 284 g/mol. The molecule has 1 N–H and O–H groups in total. The van der Waals surface area contributed by atoms with Gasteiger partial charge < -0.3 is 5.11 Å². The van der Waals surface area contributed by atoms with Gasteiger partial charge in [0.05, 0.1) is 5.60 Å². The minimum Gasteiger partial charge on any atom is -0.390 e. The van der Waals surface area contributed by atoms with Gasteiger partial charge in [-0.1, -0.05) is 97.8 Å². The standard InChI is InChI=1S/C19H40O/c1-4-7-8-9-10-11-12-13-14-15-18-19(20,16-5-2)17-6-3/h20H,4-18H2,1-3H3. The van der Waals surface area contributed by atoms with Crippen molar-refractivity contribution in [3.8, 4) is 0 Å². The van der Waals surface area contributed by atoms with Crippen molar-refractivity contribution in [3.05, 3.63) is 0 Å². The van der Waals surface area contributed by atoms with E-state index in [2.05, 4.69) is 20.8 Å². The Bertz CT molecular complexity index is 182. The second-order valence-electron chi connectivity index (χ2n) is 6.66. The molecule has 0 atom stereocenters. The summed E-state index contributed by atoms with van der Waals surface area (Å²) in [6.07, 6.45) is 18.9. The van der Waals surface area contributed by atoms with Crippen LogP contribution in [0.2, 0.25) is 0 Å². The maximum absolute atomic E-state index is 10.5. The summed E-state index contributed by atoms with van der Waals surface area (Å²) in [5.74, 6) is 0. The second-order valence-corrected chi connectivity index (χ2v) is 6.66. The number of unbranched alkanes of at least 4 members (excludes halogenated alkanes) is 9. The van der Waals surface area contributed by atoms with E-state index in [1.54, 1.807) is 0 Å². The molecule has 0 saturated carbocycles. The summed E-state index contributed by atoms with van der Waals surface area (Å²) in [6.45, 7) is 6.64. The van der Waals surface area contributed by atoms with Gasteiger partial charge in [0, 0.05) is 0 Å². The van der Waals surface area contributed by atoms with Crippen LogP contribution >= 0.6 is 0 Å². The molecule has 0 heterocycles. The van der Waals surface area contributed by atoms with Crippen molar-refractivity contribution < 1.29 is 5.11 Å². The van der Waals surface area contributed by atoms with Crippen LogP contribution < -0.4 is 0 Å². The van der Waals surface area contributed by atoms with E-state index in [9.17, 15) is 5.11 Å². The average Bonchev–Trinajstić information content (AvgIpc) is 2.41. The molecule has 1 nitrogen and oxygen atoms in total. The first kappa shape index (κ1) is 20.0. The van der Waals surface area contributed by atoms with Crippen LogP contribution in [0.5, 0.6) is 0 Å². The predicted octanol–water partition coefficient (Wildman–Crippen LogP) is 6.63. The Morgan fingerprint density at radius 1 is 0.500 bits per heavy atom. The van der Waals surface area contributed by atoms with Crippen LogP contribution in [-0.2, 0) is 0 Å². The van der Waals surface area contributed by atoms with E-state index >= 15 is 0 Å². The highest BCUT2D eigenvalue weighted by molar-refractivity contribution is 4.77. The molecule has 0 bridgehead atoms. The third-order valence-electron chi connectivity index (χ3n) is 4.43. The Morgan fingerprint density at radius 3 is 1.30 bits per heavy atom. The van der Waals surface area contributed by atoms with Crippen LogP contribution in [0.15, 0.2) is 0 Å². The van der Waals surface area contributed by atoms with E-state index in [1.165, 1.54) is 64.2 Å². The lowest BCUT2D eigenvalue weighted by Crippen LogP contribution is -2.28. The number of rotatable bonds is 15. The highest BCUT2D eigenvalue weighted by Crippen LogP contribution is 2.26. The quantitative estimate of drug-likeness (QED) is 0.335. The number of aliphatic hydroxyl groups is 1. The van der Waals surface area contributed by atoms with Crippen LogP contribution in [0.1, 0.15) is 117 Å². The molecule has 0 aliphatic carbocycles. The first-order valence-corrected chi connectivity index (χ1v) is 9.41. The SMILES string of the molecule is CCCCCCCCCCCCC(O)(CCC)CCC. The van der Waals surface area contributed by atoms with E-state index in [-0.39, 0.29) is 5.60 Å². The van der Waals surface area contributed by atoms with Crippen molar-refractivity contribution in [1.82, 2.24) is 0 Å². The van der Waals surface area contributed by atoms with Crippen LogP contribution in [0.3, 0.4) is 0 Å². The summed E-state index contributed by atoms with van der Waals surface area (Å²) in [4.78, 5) is 0. The average molecular weight is 285 g/mol. The first-order valence-electron chi connectivity index (χ1n) is 9.41. The third kappa shape index (κ3) is 11.8. The van der Waals surface area contributed by atoms with Gasteiger partial charge in [-0.15, -0.1) is 0 Å². The molecule has 0 aromatic carbocycles. The minimum absolute atomic E-state index is 0.357. The van der Waals surface area contributed by atoms with E-state index in [1.807, 2.05) is 0 Å². The fraction of sp³-hybridized carbons (Fsp3) is 1.00. The van der Waals surface area contributed by atoms with Gasteiger partial charge in [-0.05, 0) is 19.3 Å². The smallest absolute Gasteiger partial charge is 0.0647 e. The summed E-state index contributed by atoms with van der Waals surface area (Å²) >= 11 is 0. The van der Waals surface area contributed by atoms with Crippen molar-refractivity contribution in [2.24, 2.45) is 0 Å². The molecular formula is C19H40O. The molecule has 1 heteroatoms. The summed E-state index contributed by atoms with van der Waals surface area (Å²) in [5, 5.41) is 10.5. The molecular weight excluding hydrogens is 244 g/mol. The van der Waals surface area contributed by atoms with Gasteiger partial charge in [-0.25, -0.2) is 0 Å². The lowest BCUT2D eigenvalue weighted by atomic mass is 9.87. The molecule has 20 heavy (non-hydrogen) atoms. The van der Waals surface area contributed by atoms with Crippen molar-refractivity contribution in [3.63, 3.8) is 0 Å². The summed E-state index contributed by atoms with van der Waals surface area (Å²) in [7, 11) is 0. The Labute approximate surface area is 128 Å². The van der Waals surface area contributed by atoms with Crippen LogP contribution in [0.25, 0.3) is 0 Å². The van der Waals surface area contributed by atoms with E-state index in [0.717, 1.165) is 32.1 Å². The number of hydrogen-bond donors (Lipinski definition) is 1. The Hall–Kier alpha value is -0.0400. The molecule has 122 valence electrons. The number of hydrogen-bond acceptors (Lipinski definition) is 1. The Kier molecular flexibility index (Phi) is 13.9. The van der Waals surface area contributed by atoms with Crippen molar-refractivity contribution in [2.75, 3.05) is 0 Å². The molecule has 0 unspecified atom stereocenters. The fourth-order valence-corrected chi connectivity index (χ4v) is 3.25. The van der Waals surface area contributed by atoms with Crippen LogP contribution in [0, 0.1) is 0 Å². The zero-order valence-electron chi connectivity index (χ0n) is 14.6. The van der Waals surface area contributed by atoms with Gasteiger partial charge in [-0.2, -0.15) is 0 Å². The predicted molar refractivity (Wildman–Crippen MR) is 91.2 cm³/mol. The lowest BCUT2D eigenvalue weighted by Gasteiger charge is -2.27. The van der Waals surface area contributed by atoms with E-state index < -0.39 is 0 Å². The summed E-state index contributed by atoms with van der Waals surface area (Å²) in [5.41, 5.74) is -0.357. The zero-order valence-corrected chi connectivity index (χ0v) is 14.6. The molecule has 0 saturated heterocycles. The molecule has 0 radical (unpaired) electrons. The molecule has 0 fully saturated rings. The van der Waals surface area contributed by atoms with Crippen LogP contribution in [0.4, 0.5) is 0 Å². The Balaban J connectivity index is 3.41. The van der Waals surface area contributed by atoms with E-state index in [0.29, 0.717) is 0 Å². The molecule has 0 rings (SSSR count). The maximum Gasteiger partial charge on any atom is 0.0647 e. The summed E-state index contributed by atoms with van der Waals surface area (Å²) < 4.78 is 0. The lowest BCUT2D eigenvalue weighted by molar-refractivity contribution is 0.0105.